The van der Waals surface area contributed by atoms with E-state index in [9.17, 15) is 9.18 Å². The van der Waals surface area contributed by atoms with Crippen LogP contribution in [0.5, 0.6) is 0 Å². The van der Waals surface area contributed by atoms with Crippen molar-refractivity contribution in [3.05, 3.63) is 59.9 Å². The number of benzene rings is 2. The van der Waals surface area contributed by atoms with E-state index in [0.717, 1.165) is 5.56 Å². The molecule has 0 bridgehead atoms. The molecule has 21 heavy (non-hydrogen) atoms. The van der Waals surface area contributed by atoms with E-state index in [4.69, 9.17) is 5.73 Å². The summed E-state index contributed by atoms with van der Waals surface area (Å²) in [6.45, 7) is 0.302. The molecule has 0 aliphatic heterocycles. The standard InChI is InChI=1S/C16H14FN3O/c17-13-4-1-5-15(11-13)20-16(21)19-14-8-6-12(7-9-14)3-2-10-18/h1,4-9,11H,10,18H2,(H2,19,20,21). The van der Waals surface area contributed by atoms with Crippen LogP contribution in [-0.2, 0) is 0 Å². The number of anilines is 2. The zero-order valence-electron chi connectivity index (χ0n) is 11.2. The van der Waals surface area contributed by atoms with E-state index >= 15 is 0 Å². The number of nitrogens with one attached hydrogen (secondary N) is 2. The number of amides is 2. The topological polar surface area (TPSA) is 67.1 Å². The number of carbonyl (C=O) groups excluding carboxylic acids is 1. The second kappa shape index (κ2) is 7.08. The number of hydrogen-bond acceptors (Lipinski definition) is 2. The first kappa shape index (κ1) is 14.6. The Labute approximate surface area is 122 Å². The third kappa shape index (κ3) is 4.64. The van der Waals surface area contributed by atoms with Crippen LogP contribution in [0.2, 0.25) is 0 Å². The van der Waals surface area contributed by atoms with Gasteiger partial charge in [0.1, 0.15) is 5.82 Å². The molecular weight excluding hydrogens is 269 g/mol. The van der Waals surface area contributed by atoms with E-state index in [-0.39, 0.29) is 0 Å². The minimum absolute atomic E-state index is 0.302. The van der Waals surface area contributed by atoms with Gasteiger partial charge in [0.25, 0.3) is 0 Å². The van der Waals surface area contributed by atoms with Gasteiger partial charge >= 0.3 is 6.03 Å². The van der Waals surface area contributed by atoms with Crippen LogP contribution >= 0.6 is 0 Å². The predicted molar refractivity (Wildman–Crippen MR) is 81.4 cm³/mol. The lowest BCUT2D eigenvalue weighted by Crippen LogP contribution is -2.19. The number of rotatable bonds is 2. The molecule has 5 heteroatoms. The van der Waals surface area contributed by atoms with E-state index < -0.39 is 11.8 Å². The molecule has 0 heterocycles. The minimum Gasteiger partial charge on any atom is -0.320 e. The second-order valence-corrected chi connectivity index (χ2v) is 4.17. The summed E-state index contributed by atoms with van der Waals surface area (Å²) < 4.78 is 13.0. The molecule has 0 unspecified atom stereocenters. The normalized spacial score (nSPS) is 9.43. The molecular formula is C16H14FN3O. The largest absolute Gasteiger partial charge is 0.323 e. The highest BCUT2D eigenvalue weighted by Crippen LogP contribution is 2.12. The van der Waals surface area contributed by atoms with Crippen LogP contribution in [0.3, 0.4) is 0 Å². The Morgan fingerprint density at radius 3 is 2.48 bits per heavy atom. The number of halogens is 1. The van der Waals surface area contributed by atoms with E-state index in [1.54, 1.807) is 30.3 Å². The van der Waals surface area contributed by atoms with Crippen LogP contribution in [0.4, 0.5) is 20.6 Å². The summed E-state index contributed by atoms with van der Waals surface area (Å²) in [5, 5.41) is 5.19. The summed E-state index contributed by atoms with van der Waals surface area (Å²) in [7, 11) is 0. The first-order valence-corrected chi connectivity index (χ1v) is 6.30. The predicted octanol–water partition coefficient (Wildman–Crippen LogP) is 2.78. The molecule has 2 aromatic rings. The molecule has 2 rings (SSSR count). The van der Waals surface area contributed by atoms with Gasteiger partial charge in [-0.1, -0.05) is 17.9 Å². The summed E-state index contributed by atoms with van der Waals surface area (Å²) in [4.78, 5) is 11.8. The maximum atomic E-state index is 13.0. The second-order valence-electron chi connectivity index (χ2n) is 4.17. The van der Waals surface area contributed by atoms with Crippen LogP contribution in [0.1, 0.15) is 5.56 Å². The fourth-order valence-corrected chi connectivity index (χ4v) is 1.65. The SMILES string of the molecule is NCC#Cc1ccc(NC(=O)Nc2cccc(F)c2)cc1. The summed E-state index contributed by atoms with van der Waals surface area (Å²) >= 11 is 0. The van der Waals surface area contributed by atoms with Crippen LogP contribution in [-0.4, -0.2) is 12.6 Å². The highest BCUT2D eigenvalue weighted by molar-refractivity contribution is 5.99. The Bertz CT molecular complexity index is 687. The first-order chi connectivity index (χ1) is 10.2. The lowest BCUT2D eigenvalue weighted by molar-refractivity contribution is 0.262. The van der Waals surface area contributed by atoms with Crippen molar-refractivity contribution in [2.75, 3.05) is 17.2 Å². The van der Waals surface area contributed by atoms with Crippen molar-refractivity contribution < 1.29 is 9.18 Å². The van der Waals surface area contributed by atoms with E-state index in [1.165, 1.54) is 18.2 Å². The molecule has 0 aliphatic rings. The van der Waals surface area contributed by atoms with Crippen molar-refractivity contribution in [1.29, 1.82) is 0 Å². The summed E-state index contributed by atoms with van der Waals surface area (Å²) in [6, 6.07) is 12.2. The van der Waals surface area contributed by atoms with Crippen molar-refractivity contribution in [3.8, 4) is 11.8 Å². The molecule has 0 aliphatic carbocycles. The van der Waals surface area contributed by atoms with E-state index in [0.29, 0.717) is 17.9 Å². The molecule has 106 valence electrons. The number of hydrogen-bond donors (Lipinski definition) is 3. The molecule has 0 saturated carbocycles. The molecule has 2 amide bonds. The van der Waals surface area contributed by atoms with Crippen molar-refractivity contribution in [3.63, 3.8) is 0 Å². The molecule has 0 aromatic heterocycles. The Morgan fingerprint density at radius 2 is 1.81 bits per heavy atom. The fraction of sp³-hybridized carbons (Fsp3) is 0.0625. The third-order valence-electron chi connectivity index (χ3n) is 2.56. The van der Waals surface area contributed by atoms with Gasteiger partial charge in [-0.15, -0.1) is 0 Å². The van der Waals surface area contributed by atoms with Gasteiger partial charge in [-0.2, -0.15) is 0 Å². The smallest absolute Gasteiger partial charge is 0.320 e. The Balaban J connectivity index is 1.96. The molecule has 4 nitrogen and oxygen atoms in total. The highest BCUT2D eigenvalue weighted by atomic mass is 19.1. The monoisotopic (exact) mass is 283 g/mol. The van der Waals surface area contributed by atoms with Gasteiger partial charge in [0, 0.05) is 16.9 Å². The van der Waals surface area contributed by atoms with Gasteiger partial charge in [-0.25, -0.2) is 9.18 Å². The molecule has 0 atom stereocenters. The molecule has 0 radical (unpaired) electrons. The molecule has 0 spiro atoms. The number of carbonyl (C=O) groups is 1. The average Bonchev–Trinajstić information content (AvgIpc) is 2.46. The summed E-state index contributed by atoms with van der Waals surface area (Å²) in [5.74, 6) is 5.22. The zero-order chi connectivity index (χ0) is 15.1. The zero-order valence-corrected chi connectivity index (χ0v) is 11.2. The van der Waals surface area contributed by atoms with Gasteiger partial charge in [0.2, 0.25) is 0 Å². The van der Waals surface area contributed by atoms with E-state index in [1.807, 2.05) is 0 Å². The highest BCUT2D eigenvalue weighted by Gasteiger charge is 2.03. The number of urea groups is 1. The van der Waals surface area contributed by atoms with E-state index in [2.05, 4.69) is 22.5 Å². The maximum Gasteiger partial charge on any atom is 0.323 e. The average molecular weight is 283 g/mol. The molecule has 0 saturated heterocycles. The number of nitrogens with two attached hydrogens (primary N) is 1. The van der Waals surface area contributed by atoms with Gasteiger partial charge < -0.3 is 16.4 Å². The van der Waals surface area contributed by atoms with Crippen molar-refractivity contribution in [1.82, 2.24) is 0 Å². The quantitative estimate of drug-likeness (QED) is 0.742. The Hall–Kier alpha value is -2.84. The van der Waals surface area contributed by atoms with Crippen LogP contribution in [0.25, 0.3) is 0 Å². The lowest BCUT2D eigenvalue weighted by atomic mass is 10.2. The maximum absolute atomic E-state index is 13.0. The third-order valence-corrected chi connectivity index (χ3v) is 2.56. The van der Waals surface area contributed by atoms with Crippen LogP contribution in [0.15, 0.2) is 48.5 Å². The molecule has 4 N–H and O–H groups in total. The Morgan fingerprint density at radius 1 is 1.10 bits per heavy atom. The van der Waals surface area contributed by atoms with Crippen molar-refractivity contribution in [2.24, 2.45) is 5.73 Å². The van der Waals surface area contributed by atoms with Crippen LogP contribution < -0.4 is 16.4 Å². The molecule has 2 aromatic carbocycles. The lowest BCUT2D eigenvalue weighted by Gasteiger charge is -2.07. The van der Waals surface area contributed by atoms with Crippen molar-refractivity contribution >= 4 is 17.4 Å². The summed E-state index contributed by atoms with van der Waals surface area (Å²) in [6.07, 6.45) is 0. The minimum atomic E-state index is -0.443. The fourth-order valence-electron chi connectivity index (χ4n) is 1.65. The van der Waals surface area contributed by atoms with Crippen molar-refractivity contribution in [2.45, 2.75) is 0 Å². The summed E-state index contributed by atoms with van der Waals surface area (Å²) in [5.41, 5.74) is 7.11. The Kier molecular flexibility index (Phi) is 4.91. The van der Waals surface area contributed by atoms with Gasteiger partial charge in [-0.05, 0) is 42.5 Å². The van der Waals surface area contributed by atoms with Gasteiger partial charge in [0.05, 0.1) is 6.54 Å². The van der Waals surface area contributed by atoms with Crippen LogP contribution in [0, 0.1) is 17.7 Å². The van der Waals surface area contributed by atoms with Gasteiger partial charge in [0.15, 0.2) is 0 Å². The van der Waals surface area contributed by atoms with Gasteiger partial charge in [-0.3, -0.25) is 0 Å². The first-order valence-electron chi connectivity index (χ1n) is 6.30. The molecule has 0 fully saturated rings.